The van der Waals surface area contributed by atoms with Gasteiger partial charge in [0.2, 0.25) is 5.91 Å². The van der Waals surface area contributed by atoms with Crippen LogP contribution in [0.4, 0.5) is 5.69 Å². The summed E-state index contributed by atoms with van der Waals surface area (Å²) in [5.41, 5.74) is 3.56. The maximum absolute atomic E-state index is 12.4. The number of nitrogens with zero attached hydrogens (tertiary/aromatic N) is 1. The van der Waals surface area contributed by atoms with Crippen molar-refractivity contribution in [3.63, 3.8) is 0 Å². The Hall–Kier alpha value is -2.08. The van der Waals surface area contributed by atoms with E-state index in [2.05, 4.69) is 15.3 Å². The number of aromatic nitrogens is 2. The second-order valence-electron chi connectivity index (χ2n) is 5.86. The van der Waals surface area contributed by atoms with Gasteiger partial charge >= 0.3 is 0 Å². The van der Waals surface area contributed by atoms with E-state index in [9.17, 15) is 9.59 Å². The number of hydrogen-bond acceptors (Lipinski definition) is 4. The zero-order valence-corrected chi connectivity index (χ0v) is 15.3. The number of aromatic amines is 1. The SMILES string of the molecule is CCCc1cc(=O)[nH]c(SC(C)C(=O)Nc2ccc(C)cc2C)n1. The van der Waals surface area contributed by atoms with Crippen LogP contribution in [0.1, 0.15) is 37.1 Å². The Balaban J connectivity index is 2.07. The predicted molar refractivity (Wildman–Crippen MR) is 98.7 cm³/mol. The van der Waals surface area contributed by atoms with Crippen LogP contribution in [0.2, 0.25) is 0 Å². The van der Waals surface area contributed by atoms with E-state index in [4.69, 9.17) is 0 Å². The lowest BCUT2D eigenvalue weighted by Gasteiger charge is -2.13. The molecule has 1 heterocycles. The van der Waals surface area contributed by atoms with Gasteiger partial charge in [0.15, 0.2) is 5.16 Å². The third-order valence-electron chi connectivity index (χ3n) is 3.58. The monoisotopic (exact) mass is 345 g/mol. The van der Waals surface area contributed by atoms with Gasteiger partial charge in [-0.3, -0.25) is 9.59 Å². The van der Waals surface area contributed by atoms with Crippen LogP contribution in [-0.4, -0.2) is 21.1 Å². The fraction of sp³-hybridized carbons (Fsp3) is 0.389. The highest BCUT2D eigenvalue weighted by atomic mass is 32.2. The summed E-state index contributed by atoms with van der Waals surface area (Å²) in [4.78, 5) is 31.2. The molecule has 0 aliphatic carbocycles. The van der Waals surface area contributed by atoms with Crippen molar-refractivity contribution in [1.82, 2.24) is 9.97 Å². The fourth-order valence-electron chi connectivity index (χ4n) is 2.33. The van der Waals surface area contributed by atoms with Gasteiger partial charge in [0.05, 0.1) is 5.25 Å². The molecule has 2 N–H and O–H groups in total. The molecule has 1 amide bonds. The summed E-state index contributed by atoms with van der Waals surface area (Å²) in [5.74, 6) is -0.115. The molecule has 1 atom stereocenters. The summed E-state index contributed by atoms with van der Waals surface area (Å²) in [6, 6.07) is 7.41. The van der Waals surface area contributed by atoms with Crippen molar-refractivity contribution in [1.29, 1.82) is 0 Å². The van der Waals surface area contributed by atoms with Crippen molar-refractivity contribution in [3.05, 3.63) is 51.4 Å². The number of nitrogens with one attached hydrogen (secondary N) is 2. The summed E-state index contributed by atoms with van der Waals surface area (Å²) < 4.78 is 0. The minimum absolute atomic E-state index is 0.115. The first-order valence-corrected chi connectivity index (χ1v) is 8.92. The molecule has 0 radical (unpaired) electrons. The Labute approximate surface area is 146 Å². The third kappa shape index (κ3) is 4.96. The van der Waals surface area contributed by atoms with E-state index in [-0.39, 0.29) is 16.7 Å². The van der Waals surface area contributed by atoms with Crippen LogP contribution in [0.3, 0.4) is 0 Å². The van der Waals surface area contributed by atoms with Crippen LogP contribution in [0.25, 0.3) is 0 Å². The summed E-state index contributed by atoms with van der Waals surface area (Å²) in [7, 11) is 0. The highest BCUT2D eigenvalue weighted by Crippen LogP contribution is 2.22. The first-order chi connectivity index (χ1) is 11.4. The molecule has 0 saturated carbocycles. The maximum Gasteiger partial charge on any atom is 0.251 e. The van der Waals surface area contributed by atoms with Gasteiger partial charge in [0.25, 0.3) is 5.56 Å². The lowest BCUT2D eigenvalue weighted by molar-refractivity contribution is -0.115. The smallest absolute Gasteiger partial charge is 0.251 e. The number of thioether (sulfide) groups is 1. The molecule has 0 bridgehead atoms. The molecule has 0 spiro atoms. The molecule has 0 aliphatic heterocycles. The van der Waals surface area contributed by atoms with E-state index in [0.29, 0.717) is 5.16 Å². The minimum atomic E-state index is -0.370. The van der Waals surface area contributed by atoms with Gasteiger partial charge in [-0.1, -0.05) is 42.8 Å². The van der Waals surface area contributed by atoms with E-state index in [0.717, 1.165) is 35.3 Å². The van der Waals surface area contributed by atoms with Gasteiger partial charge in [-0.05, 0) is 38.8 Å². The lowest BCUT2D eigenvalue weighted by Crippen LogP contribution is -2.23. The van der Waals surface area contributed by atoms with Crippen molar-refractivity contribution in [2.75, 3.05) is 5.32 Å². The Morgan fingerprint density at radius 2 is 2.08 bits per heavy atom. The molecule has 2 rings (SSSR count). The van der Waals surface area contributed by atoms with Gasteiger partial charge < -0.3 is 10.3 Å². The highest BCUT2D eigenvalue weighted by molar-refractivity contribution is 8.00. The summed E-state index contributed by atoms with van der Waals surface area (Å²) in [6.45, 7) is 7.82. The van der Waals surface area contributed by atoms with E-state index >= 15 is 0 Å². The number of rotatable bonds is 6. The van der Waals surface area contributed by atoms with Crippen LogP contribution in [0.5, 0.6) is 0 Å². The van der Waals surface area contributed by atoms with Gasteiger partial charge in [-0.25, -0.2) is 4.98 Å². The van der Waals surface area contributed by atoms with Crippen molar-refractivity contribution in [2.24, 2.45) is 0 Å². The molecule has 1 aromatic carbocycles. The lowest BCUT2D eigenvalue weighted by atomic mass is 10.1. The third-order valence-corrected chi connectivity index (χ3v) is 4.56. The molecule has 0 saturated heterocycles. The largest absolute Gasteiger partial charge is 0.325 e. The fourth-order valence-corrected chi connectivity index (χ4v) is 3.16. The first kappa shape index (κ1) is 18.3. The summed E-state index contributed by atoms with van der Waals surface area (Å²) in [5, 5.41) is 3.04. The number of hydrogen-bond donors (Lipinski definition) is 2. The van der Waals surface area contributed by atoms with E-state index < -0.39 is 0 Å². The molecule has 0 aliphatic rings. The van der Waals surface area contributed by atoms with Crippen molar-refractivity contribution in [2.45, 2.75) is 50.9 Å². The molecule has 0 fully saturated rings. The number of aryl methyl sites for hydroxylation is 3. The number of amides is 1. The number of benzene rings is 1. The molecule has 1 aromatic heterocycles. The molecule has 24 heavy (non-hydrogen) atoms. The predicted octanol–water partition coefficient (Wildman–Crippen LogP) is 3.46. The molecule has 1 unspecified atom stereocenters. The second-order valence-corrected chi connectivity index (χ2v) is 7.19. The molecule has 128 valence electrons. The average molecular weight is 345 g/mol. The summed E-state index contributed by atoms with van der Waals surface area (Å²) in [6.07, 6.45) is 1.67. The minimum Gasteiger partial charge on any atom is -0.325 e. The van der Waals surface area contributed by atoms with Crippen LogP contribution in [0, 0.1) is 13.8 Å². The highest BCUT2D eigenvalue weighted by Gasteiger charge is 2.17. The zero-order chi connectivity index (χ0) is 17.7. The summed E-state index contributed by atoms with van der Waals surface area (Å²) >= 11 is 1.26. The molecule has 5 nitrogen and oxygen atoms in total. The van der Waals surface area contributed by atoms with Crippen molar-refractivity contribution < 1.29 is 4.79 Å². The number of carbonyl (C=O) groups excluding carboxylic acids is 1. The van der Waals surface area contributed by atoms with Gasteiger partial charge in [-0.15, -0.1) is 0 Å². The van der Waals surface area contributed by atoms with Crippen molar-refractivity contribution in [3.8, 4) is 0 Å². The number of H-pyrrole nitrogens is 1. The first-order valence-electron chi connectivity index (χ1n) is 8.04. The Kier molecular flexibility index (Phi) is 6.20. The van der Waals surface area contributed by atoms with Gasteiger partial charge in [0, 0.05) is 17.4 Å². The number of carbonyl (C=O) groups is 1. The van der Waals surface area contributed by atoms with E-state index in [1.165, 1.54) is 17.8 Å². The Morgan fingerprint density at radius 3 is 2.75 bits per heavy atom. The van der Waals surface area contributed by atoms with Gasteiger partial charge in [0.1, 0.15) is 0 Å². The quantitative estimate of drug-likeness (QED) is 0.621. The maximum atomic E-state index is 12.4. The molecule has 6 heteroatoms. The normalized spacial score (nSPS) is 12.0. The zero-order valence-electron chi connectivity index (χ0n) is 14.5. The van der Waals surface area contributed by atoms with E-state index in [1.54, 1.807) is 6.92 Å². The van der Waals surface area contributed by atoms with Crippen LogP contribution in [0.15, 0.2) is 34.2 Å². The molecular formula is C18H23N3O2S. The standard InChI is InChI=1S/C18H23N3O2S/c1-5-6-14-10-16(22)21-18(19-14)24-13(4)17(23)20-15-8-7-11(2)9-12(15)3/h7-10,13H,5-6H2,1-4H3,(H,20,23)(H,19,21,22). The topological polar surface area (TPSA) is 74.8 Å². The molecular weight excluding hydrogens is 322 g/mol. The average Bonchev–Trinajstić information content (AvgIpc) is 2.49. The van der Waals surface area contributed by atoms with Gasteiger partial charge in [-0.2, -0.15) is 0 Å². The Morgan fingerprint density at radius 1 is 1.33 bits per heavy atom. The van der Waals surface area contributed by atoms with Crippen molar-refractivity contribution >= 4 is 23.4 Å². The molecule has 2 aromatic rings. The second kappa shape index (κ2) is 8.15. The Bertz CT molecular complexity index is 786. The van der Waals surface area contributed by atoms with E-state index in [1.807, 2.05) is 39.0 Å². The number of anilines is 1. The van der Waals surface area contributed by atoms with Crippen LogP contribution in [-0.2, 0) is 11.2 Å². The van der Waals surface area contributed by atoms with Crippen LogP contribution >= 0.6 is 11.8 Å². The van der Waals surface area contributed by atoms with Crippen LogP contribution < -0.4 is 10.9 Å².